The van der Waals surface area contributed by atoms with E-state index in [4.69, 9.17) is 14.9 Å². The van der Waals surface area contributed by atoms with E-state index in [2.05, 4.69) is 0 Å². The Kier molecular flexibility index (Phi) is 9.05. The topological polar surface area (TPSA) is 83.8 Å². The van der Waals surface area contributed by atoms with Gasteiger partial charge in [-0.15, -0.1) is 0 Å². The average molecular weight is 244 g/mol. The van der Waals surface area contributed by atoms with Gasteiger partial charge in [-0.1, -0.05) is 19.4 Å². The zero-order valence-electron chi connectivity index (χ0n) is 10.1. The number of aliphatic hydroxyl groups is 1. The van der Waals surface area contributed by atoms with Crippen molar-refractivity contribution < 1.29 is 24.5 Å². The van der Waals surface area contributed by atoms with E-state index in [0.29, 0.717) is 19.3 Å². The molecular weight excluding hydrogens is 224 g/mol. The summed E-state index contributed by atoms with van der Waals surface area (Å²) in [7, 11) is 0. The number of esters is 1. The van der Waals surface area contributed by atoms with Gasteiger partial charge in [-0.2, -0.15) is 0 Å². The van der Waals surface area contributed by atoms with Gasteiger partial charge >= 0.3 is 11.9 Å². The van der Waals surface area contributed by atoms with Crippen LogP contribution < -0.4 is 0 Å². The van der Waals surface area contributed by atoms with Crippen molar-refractivity contribution in [1.29, 1.82) is 0 Å². The third-order valence-corrected chi connectivity index (χ3v) is 2.07. The highest BCUT2D eigenvalue weighted by Gasteiger charge is 2.14. The highest BCUT2D eigenvalue weighted by Crippen LogP contribution is 2.08. The zero-order valence-corrected chi connectivity index (χ0v) is 10.1. The highest BCUT2D eigenvalue weighted by atomic mass is 16.5. The number of carboxylic acids is 1. The number of carbonyl (C=O) groups is 2. The van der Waals surface area contributed by atoms with Gasteiger partial charge in [-0.05, 0) is 19.3 Å². The molecule has 0 atom stereocenters. The number of allylic oxidation sites excluding steroid dienone is 1. The van der Waals surface area contributed by atoms with Crippen molar-refractivity contribution >= 4 is 11.9 Å². The largest absolute Gasteiger partial charge is 0.481 e. The smallest absolute Gasteiger partial charge is 0.334 e. The number of carbonyl (C=O) groups excluding carboxylic acids is 1. The molecule has 5 nitrogen and oxygen atoms in total. The molecule has 0 aromatic rings. The van der Waals surface area contributed by atoms with Gasteiger partial charge < -0.3 is 14.9 Å². The molecule has 0 fully saturated rings. The summed E-state index contributed by atoms with van der Waals surface area (Å²) in [5.41, 5.74) is 0.198. The van der Waals surface area contributed by atoms with Gasteiger partial charge in [0, 0.05) is 12.2 Å². The van der Waals surface area contributed by atoms with Gasteiger partial charge in [0.25, 0.3) is 0 Å². The third-order valence-electron chi connectivity index (χ3n) is 2.07. The Bertz CT molecular complexity index is 270. The van der Waals surface area contributed by atoms with Gasteiger partial charge in [-0.3, -0.25) is 4.79 Å². The van der Waals surface area contributed by atoms with Crippen LogP contribution in [0.4, 0.5) is 0 Å². The van der Waals surface area contributed by atoms with Gasteiger partial charge in [-0.25, -0.2) is 4.79 Å². The van der Waals surface area contributed by atoms with Crippen LogP contribution in [0.2, 0.25) is 0 Å². The summed E-state index contributed by atoms with van der Waals surface area (Å²) in [6.45, 7) is 2.22. The Hall–Kier alpha value is -1.36. The molecular formula is C12H20O5. The predicted molar refractivity (Wildman–Crippen MR) is 62.5 cm³/mol. The second-order valence-corrected chi connectivity index (χ2v) is 3.66. The Balaban J connectivity index is 4.18. The summed E-state index contributed by atoms with van der Waals surface area (Å²) in [6.07, 6.45) is 3.97. The molecule has 0 aliphatic carbocycles. The monoisotopic (exact) mass is 244 g/mol. The van der Waals surface area contributed by atoms with Crippen LogP contribution >= 0.6 is 0 Å². The standard InChI is InChI=1S/C12H20O5/c1-2-3-6-10(9-11(14)15)12(16)17-8-5-4-7-13/h6,13H,2-5,7-9H2,1H3,(H,14,15). The number of ether oxygens (including phenoxy) is 1. The van der Waals surface area contributed by atoms with Crippen molar-refractivity contribution in [1.82, 2.24) is 0 Å². The number of hydrogen-bond donors (Lipinski definition) is 2. The van der Waals surface area contributed by atoms with Gasteiger partial charge in [0.05, 0.1) is 13.0 Å². The molecule has 98 valence electrons. The van der Waals surface area contributed by atoms with E-state index in [0.717, 1.165) is 6.42 Å². The Morgan fingerprint density at radius 2 is 2.00 bits per heavy atom. The van der Waals surface area contributed by atoms with Crippen molar-refractivity contribution in [3.05, 3.63) is 11.6 Å². The lowest BCUT2D eigenvalue weighted by molar-refractivity contribution is -0.143. The molecule has 2 N–H and O–H groups in total. The number of unbranched alkanes of at least 4 members (excludes halogenated alkanes) is 2. The summed E-state index contributed by atoms with van der Waals surface area (Å²) in [4.78, 5) is 22.1. The van der Waals surface area contributed by atoms with Crippen molar-refractivity contribution in [2.75, 3.05) is 13.2 Å². The Morgan fingerprint density at radius 1 is 1.29 bits per heavy atom. The quantitative estimate of drug-likeness (QED) is 0.365. The summed E-state index contributed by atoms with van der Waals surface area (Å²) in [6, 6.07) is 0. The molecule has 0 unspecified atom stereocenters. The van der Waals surface area contributed by atoms with E-state index in [1.54, 1.807) is 6.08 Å². The molecule has 0 heterocycles. The lowest BCUT2D eigenvalue weighted by Crippen LogP contribution is -2.12. The van der Waals surface area contributed by atoms with Crippen LogP contribution in [0, 0.1) is 0 Å². The van der Waals surface area contributed by atoms with Crippen LogP contribution in [0.5, 0.6) is 0 Å². The maximum atomic E-state index is 11.5. The summed E-state index contributed by atoms with van der Waals surface area (Å²) in [5, 5.41) is 17.2. The molecule has 0 saturated carbocycles. The second-order valence-electron chi connectivity index (χ2n) is 3.66. The lowest BCUT2D eigenvalue weighted by Gasteiger charge is -2.06. The normalized spacial score (nSPS) is 11.3. The fraction of sp³-hybridized carbons (Fsp3) is 0.667. The maximum Gasteiger partial charge on any atom is 0.334 e. The molecule has 0 bridgehead atoms. The zero-order chi connectivity index (χ0) is 13.1. The summed E-state index contributed by atoms with van der Waals surface area (Å²) < 4.78 is 4.92. The van der Waals surface area contributed by atoms with Crippen LogP contribution in [0.1, 0.15) is 39.0 Å². The molecule has 0 saturated heterocycles. The average Bonchev–Trinajstić information content (AvgIpc) is 2.29. The Labute approximate surface area is 101 Å². The molecule has 0 spiro atoms. The minimum Gasteiger partial charge on any atom is -0.481 e. The number of aliphatic carboxylic acids is 1. The lowest BCUT2D eigenvalue weighted by atomic mass is 10.1. The molecule has 0 rings (SSSR count). The first-order valence-corrected chi connectivity index (χ1v) is 5.80. The summed E-state index contributed by atoms with van der Waals surface area (Å²) in [5.74, 6) is -1.61. The first-order chi connectivity index (χ1) is 8.11. The molecule has 0 radical (unpaired) electrons. The fourth-order valence-corrected chi connectivity index (χ4v) is 1.18. The van der Waals surface area contributed by atoms with Crippen LogP contribution in [-0.4, -0.2) is 35.4 Å². The van der Waals surface area contributed by atoms with Crippen LogP contribution in [0.25, 0.3) is 0 Å². The van der Waals surface area contributed by atoms with Crippen molar-refractivity contribution in [2.45, 2.75) is 39.0 Å². The number of hydrogen-bond acceptors (Lipinski definition) is 4. The van der Waals surface area contributed by atoms with Gasteiger partial charge in [0.2, 0.25) is 0 Å². The van der Waals surface area contributed by atoms with Crippen molar-refractivity contribution in [3.63, 3.8) is 0 Å². The maximum absolute atomic E-state index is 11.5. The third kappa shape index (κ3) is 8.45. The first kappa shape index (κ1) is 15.6. The molecule has 0 aliphatic rings. The summed E-state index contributed by atoms with van der Waals surface area (Å²) >= 11 is 0. The van der Waals surface area contributed by atoms with E-state index < -0.39 is 11.9 Å². The van der Waals surface area contributed by atoms with E-state index in [1.807, 2.05) is 6.92 Å². The first-order valence-electron chi connectivity index (χ1n) is 5.80. The number of aliphatic hydroxyl groups excluding tert-OH is 1. The van der Waals surface area contributed by atoms with E-state index in [1.165, 1.54) is 0 Å². The van der Waals surface area contributed by atoms with Gasteiger partial charge in [0.15, 0.2) is 0 Å². The minimum atomic E-state index is -1.04. The second kappa shape index (κ2) is 9.84. The SMILES string of the molecule is CCCC=C(CC(=O)O)C(=O)OCCCCO. The van der Waals surface area contributed by atoms with Crippen molar-refractivity contribution in [2.24, 2.45) is 0 Å². The van der Waals surface area contributed by atoms with E-state index in [9.17, 15) is 9.59 Å². The predicted octanol–water partition coefficient (Wildman–Crippen LogP) is 1.50. The molecule has 5 heteroatoms. The molecule has 0 aromatic carbocycles. The Morgan fingerprint density at radius 3 is 2.53 bits per heavy atom. The molecule has 0 aromatic heterocycles. The number of carboxylic acid groups (broad SMARTS) is 1. The van der Waals surface area contributed by atoms with E-state index in [-0.39, 0.29) is 25.2 Å². The van der Waals surface area contributed by atoms with Crippen LogP contribution in [-0.2, 0) is 14.3 Å². The molecule has 0 amide bonds. The molecule has 17 heavy (non-hydrogen) atoms. The van der Waals surface area contributed by atoms with Crippen LogP contribution in [0.3, 0.4) is 0 Å². The van der Waals surface area contributed by atoms with Crippen LogP contribution in [0.15, 0.2) is 11.6 Å². The highest BCUT2D eigenvalue weighted by molar-refractivity contribution is 5.93. The van der Waals surface area contributed by atoms with E-state index >= 15 is 0 Å². The fourth-order valence-electron chi connectivity index (χ4n) is 1.18. The molecule has 0 aliphatic heterocycles. The van der Waals surface area contributed by atoms with Crippen molar-refractivity contribution in [3.8, 4) is 0 Å². The van der Waals surface area contributed by atoms with Gasteiger partial charge in [0.1, 0.15) is 0 Å². The number of rotatable bonds is 9. The minimum absolute atomic E-state index is 0.0607.